The zero-order chi connectivity index (χ0) is 31.6. The van der Waals surface area contributed by atoms with Crippen LogP contribution in [0.25, 0.3) is 6.08 Å². The number of carbonyl (C=O) groups is 1. The summed E-state index contributed by atoms with van der Waals surface area (Å²) in [7, 11) is 1.19. The third-order valence-electron chi connectivity index (χ3n) is 8.37. The van der Waals surface area contributed by atoms with Gasteiger partial charge in [-0.05, 0) is 80.6 Å². The number of rotatable bonds is 15. The lowest BCUT2D eigenvalue weighted by Crippen LogP contribution is -2.43. The lowest BCUT2D eigenvalue weighted by atomic mass is 9.89. The molecule has 234 valence electrons. The maximum atomic E-state index is 11.9. The third kappa shape index (κ3) is 9.56. The molecule has 8 heteroatoms. The molecule has 0 bridgehead atoms. The Kier molecular flexibility index (Phi) is 12.2. The van der Waals surface area contributed by atoms with Gasteiger partial charge in [-0.15, -0.1) is 0 Å². The second kappa shape index (κ2) is 15.4. The van der Waals surface area contributed by atoms with Crippen LogP contribution in [0.3, 0.4) is 0 Å². The summed E-state index contributed by atoms with van der Waals surface area (Å²) in [5.74, 6) is 1.33. The highest BCUT2D eigenvalue weighted by Gasteiger charge is 2.42. The van der Waals surface area contributed by atoms with Crippen LogP contribution in [0.15, 0.2) is 60.9 Å². The molecular weight excluding hydrogens is 556 g/mol. The van der Waals surface area contributed by atoms with E-state index in [1.165, 1.54) is 11.6 Å². The topological polar surface area (TPSA) is 71.8 Å². The van der Waals surface area contributed by atoms with Gasteiger partial charge in [0.2, 0.25) is 0 Å². The molecule has 0 spiro atoms. The van der Waals surface area contributed by atoms with Gasteiger partial charge in [-0.25, -0.2) is 4.79 Å². The van der Waals surface area contributed by atoms with E-state index in [0.717, 1.165) is 47.5 Å². The van der Waals surface area contributed by atoms with E-state index >= 15 is 0 Å². The molecule has 0 fully saturated rings. The van der Waals surface area contributed by atoms with Crippen LogP contribution in [0.4, 0.5) is 0 Å². The summed E-state index contributed by atoms with van der Waals surface area (Å²) in [5.41, 5.74) is 4.17. The van der Waals surface area contributed by atoms with Gasteiger partial charge in [0.25, 0.3) is 0 Å². The van der Waals surface area contributed by atoms with Crippen LogP contribution < -0.4 is 9.47 Å². The number of aromatic nitrogens is 2. The van der Waals surface area contributed by atoms with Gasteiger partial charge < -0.3 is 18.6 Å². The molecule has 0 radical (unpaired) electrons. The van der Waals surface area contributed by atoms with Gasteiger partial charge in [0.05, 0.1) is 33.1 Å². The molecule has 43 heavy (non-hydrogen) atoms. The standard InChI is InChI=1S/C35H50N2O5Si/c1-10-41-33(38)20-19-28-23-36-37(24-28)25-29(18-14-17-27-15-12-11-13-16-27)34(42-43(8,9)35(3,4)5)30-22-31(39-6)26(2)21-32(30)40-7/h11-13,15-16,19-24,29,34H,10,14,17-18,25H2,1-9H3/b20-19+/t29-,34-/m0/s1. The predicted molar refractivity (Wildman–Crippen MR) is 176 cm³/mol. The number of carbonyl (C=O) groups excluding carboxylic acids is 1. The first-order valence-corrected chi connectivity index (χ1v) is 18.1. The summed E-state index contributed by atoms with van der Waals surface area (Å²) in [6.07, 6.45) is 9.56. The minimum atomic E-state index is -2.23. The first kappa shape index (κ1) is 34.1. The molecule has 2 atom stereocenters. The van der Waals surface area contributed by atoms with Crippen LogP contribution in [-0.4, -0.2) is 44.9 Å². The van der Waals surface area contributed by atoms with Crippen molar-refractivity contribution < 1.29 is 23.4 Å². The van der Waals surface area contributed by atoms with Gasteiger partial charge in [-0.2, -0.15) is 5.10 Å². The van der Waals surface area contributed by atoms with E-state index < -0.39 is 8.32 Å². The SMILES string of the molecule is CCOC(=O)/C=C/c1cnn(C[C@H](CCCc2ccccc2)[C@H](O[Si](C)(C)C(C)(C)C)c2cc(OC)c(C)cc2OC)c1. The van der Waals surface area contributed by atoms with Crippen molar-refractivity contribution in [3.63, 3.8) is 0 Å². The normalized spacial score (nSPS) is 13.6. The lowest BCUT2D eigenvalue weighted by molar-refractivity contribution is -0.137. The molecule has 0 aliphatic rings. The van der Waals surface area contributed by atoms with Crippen molar-refractivity contribution in [2.45, 2.75) is 84.7 Å². The van der Waals surface area contributed by atoms with Crippen molar-refractivity contribution in [2.24, 2.45) is 5.92 Å². The fourth-order valence-electron chi connectivity index (χ4n) is 4.92. The molecule has 0 N–H and O–H groups in total. The number of hydrogen-bond acceptors (Lipinski definition) is 6. The van der Waals surface area contributed by atoms with E-state index in [9.17, 15) is 4.79 Å². The van der Waals surface area contributed by atoms with Gasteiger partial charge in [0.1, 0.15) is 11.5 Å². The zero-order valence-corrected chi connectivity index (χ0v) is 28.5. The van der Waals surface area contributed by atoms with E-state index in [-0.39, 0.29) is 23.0 Å². The van der Waals surface area contributed by atoms with Gasteiger partial charge in [-0.1, -0.05) is 51.1 Å². The van der Waals surface area contributed by atoms with Crippen LogP contribution >= 0.6 is 0 Å². The van der Waals surface area contributed by atoms with Gasteiger partial charge in [0, 0.05) is 35.9 Å². The van der Waals surface area contributed by atoms with Gasteiger partial charge in [-0.3, -0.25) is 4.68 Å². The average molecular weight is 607 g/mol. The van der Waals surface area contributed by atoms with Crippen molar-refractivity contribution in [3.05, 3.63) is 83.2 Å². The van der Waals surface area contributed by atoms with Crippen molar-refractivity contribution in [1.82, 2.24) is 9.78 Å². The monoisotopic (exact) mass is 606 g/mol. The van der Waals surface area contributed by atoms with Crippen LogP contribution in [0.5, 0.6) is 11.5 Å². The first-order chi connectivity index (χ1) is 20.4. The highest BCUT2D eigenvalue weighted by molar-refractivity contribution is 6.74. The zero-order valence-electron chi connectivity index (χ0n) is 27.5. The molecule has 0 aliphatic heterocycles. The van der Waals surface area contributed by atoms with Crippen molar-refractivity contribution in [2.75, 3.05) is 20.8 Å². The number of hydrogen-bond donors (Lipinski definition) is 0. The summed E-state index contributed by atoms with van der Waals surface area (Å²) in [5, 5.41) is 4.68. The largest absolute Gasteiger partial charge is 0.496 e. The minimum absolute atomic E-state index is 0.0125. The van der Waals surface area contributed by atoms with Crippen LogP contribution in [-0.2, 0) is 26.9 Å². The Morgan fingerprint density at radius 3 is 2.40 bits per heavy atom. The van der Waals surface area contributed by atoms with Crippen molar-refractivity contribution in [3.8, 4) is 11.5 Å². The number of ether oxygens (including phenoxy) is 3. The fraction of sp³-hybridized carbons (Fsp3) is 0.486. The summed E-state index contributed by atoms with van der Waals surface area (Å²) in [6, 6.07) is 14.7. The van der Waals surface area contributed by atoms with E-state index in [1.54, 1.807) is 33.4 Å². The van der Waals surface area contributed by atoms with Gasteiger partial charge >= 0.3 is 5.97 Å². The molecule has 7 nitrogen and oxygen atoms in total. The van der Waals surface area contributed by atoms with E-state index in [1.807, 2.05) is 23.9 Å². The fourth-order valence-corrected chi connectivity index (χ4v) is 6.22. The quantitative estimate of drug-likeness (QED) is 0.0987. The average Bonchev–Trinajstić information content (AvgIpc) is 3.41. The molecule has 0 saturated carbocycles. The lowest BCUT2D eigenvalue weighted by Gasteiger charge is -2.42. The predicted octanol–water partition coefficient (Wildman–Crippen LogP) is 8.19. The molecule has 0 saturated heterocycles. The van der Waals surface area contributed by atoms with Crippen molar-refractivity contribution in [1.29, 1.82) is 0 Å². The Labute approximate surface area is 259 Å². The molecule has 0 unspecified atom stereocenters. The summed E-state index contributed by atoms with van der Waals surface area (Å²) < 4.78 is 26.0. The molecule has 3 aromatic rings. The van der Waals surface area contributed by atoms with E-state index in [0.29, 0.717) is 13.2 Å². The first-order valence-electron chi connectivity index (χ1n) is 15.2. The summed E-state index contributed by atoms with van der Waals surface area (Å²) in [6.45, 7) is 16.2. The van der Waals surface area contributed by atoms with Crippen LogP contribution in [0, 0.1) is 12.8 Å². The van der Waals surface area contributed by atoms with Crippen LogP contribution in [0.2, 0.25) is 18.1 Å². The second-order valence-electron chi connectivity index (χ2n) is 12.6. The van der Waals surface area contributed by atoms with E-state index in [2.05, 4.69) is 75.4 Å². The Hall–Kier alpha value is -3.36. The van der Waals surface area contributed by atoms with Gasteiger partial charge in [0.15, 0.2) is 8.32 Å². The number of nitrogens with zero attached hydrogens (tertiary/aromatic N) is 2. The molecule has 2 aromatic carbocycles. The molecular formula is C35H50N2O5Si. The highest BCUT2D eigenvalue weighted by atomic mass is 28.4. The summed E-state index contributed by atoms with van der Waals surface area (Å²) in [4.78, 5) is 11.9. The maximum absolute atomic E-state index is 11.9. The number of esters is 1. The Morgan fingerprint density at radius 1 is 1.07 bits per heavy atom. The minimum Gasteiger partial charge on any atom is -0.496 e. The molecule has 3 rings (SSSR count). The molecule has 0 amide bonds. The third-order valence-corrected chi connectivity index (χ3v) is 12.8. The Balaban J connectivity index is 2.05. The van der Waals surface area contributed by atoms with Crippen molar-refractivity contribution >= 4 is 20.4 Å². The number of benzene rings is 2. The number of aryl methyl sites for hydroxylation is 2. The van der Waals surface area contributed by atoms with E-state index in [4.69, 9.17) is 18.6 Å². The Morgan fingerprint density at radius 2 is 1.77 bits per heavy atom. The second-order valence-corrected chi connectivity index (χ2v) is 17.3. The smallest absolute Gasteiger partial charge is 0.330 e. The maximum Gasteiger partial charge on any atom is 0.330 e. The summed E-state index contributed by atoms with van der Waals surface area (Å²) >= 11 is 0. The molecule has 0 aliphatic carbocycles. The van der Waals surface area contributed by atoms with Crippen LogP contribution in [0.1, 0.15) is 68.9 Å². The molecule has 1 aromatic heterocycles. The number of methoxy groups -OCH3 is 2. The Bertz CT molecular complexity index is 1340. The highest BCUT2D eigenvalue weighted by Crippen LogP contribution is 2.46. The molecule has 1 heterocycles.